The first-order chi connectivity index (χ1) is 16.8. The summed E-state index contributed by atoms with van der Waals surface area (Å²) in [4.78, 5) is 36.4. The lowest BCUT2D eigenvalue weighted by atomic mass is 9.90. The molecule has 1 aliphatic heterocycles. The average Bonchev–Trinajstić information content (AvgIpc) is 3.38. The Hall–Kier alpha value is -3.25. The second-order valence-corrected chi connectivity index (χ2v) is 10.2. The van der Waals surface area contributed by atoms with Crippen LogP contribution in [0.1, 0.15) is 61.0 Å². The van der Waals surface area contributed by atoms with Gasteiger partial charge in [-0.15, -0.1) is 0 Å². The number of carbonyl (C=O) groups is 2. The van der Waals surface area contributed by atoms with E-state index in [0.29, 0.717) is 17.0 Å². The summed E-state index contributed by atoms with van der Waals surface area (Å²) in [5.41, 5.74) is 5.77. The van der Waals surface area contributed by atoms with Crippen LogP contribution in [0.3, 0.4) is 0 Å². The van der Waals surface area contributed by atoms with Crippen LogP contribution in [0.4, 0.5) is 5.69 Å². The zero-order chi connectivity index (χ0) is 24.7. The van der Waals surface area contributed by atoms with Crippen molar-refractivity contribution < 1.29 is 9.59 Å². The molecule has 7 heteroatoms. The number of amides is 1. The van der Waals surface area contributed by atoms with Crippen molar-refractivity contribution in [3.8, 4) is 11.1 Å². The standard InChI is InChI=1S/C28H29ClN4O2/c1-16(2)33-27-23(20-13-30-15-31-14-20)11-19(26(35)10-18-4-6-21(29)7-5-18)12-24(27)22-8-9-25(28(22)33)32-17(3)34/h4-7,11-16,22,25,28H,8-10H2,1-3H3,(H,32,34)/t22-,25+,28+/m1/s1. The maximum atomic E-state index is 13.5. The van der Waals surface area contributed by atoms with E-state index >= 15 is 0 Å². The normalized spacial score (nSPS) is 20.6. The molecule has 0 radical (unpaired) electrons. The molecule has 3 atom stereocenters. The van der Waals surface area contributed by atoms with E-state index in [9.17, 15) is 9.59 Å². The van der Waals surface area contributed by atoms with E-state index in [1.165, 1.54) is 11.9 Å². The number of nitrogens with zero attached hydrogens (tertiary/aromatic N) is 3. The zero-order valence-corrected chi connectivity index (χ0v) is 20.9. The van der Waals surface area contributed by atoms with Crippen LogP contribution in [0.2, 0.25) is 5.02 Å². The van der Waals surface area contributed by atoms with Gasteiger partial charge < -0.3 is 10.2 Å². The Kier molecular flexibility index (Phi) is 6.32. The van der Waals surface area contributed by atoms with Gasteiger partial charge in [-0.2, -0.15) is 0 Å². The van der Waals surface area contributed by atoms with E-state index in [1.54, 1.807) is 19.3 Å². The molecule has 1 N–H and O–H groups in total. The van der Waals surface area contributed by atoms with E-state index in [-0.39, 0.29) is 35.7 Å². The summed E-state index contributed by atoms with van der Waals surface area (Å²) in [6, 6.07) is 11.9. The Labute approximate surface area is 210 Å². The van der Waals surface area contributed by atoms with E-state index in [1.807, 2.05) is 30.3 Å². The van der Waals surface area contributed by atoms with Crippen molar-refractivity contribution in [2.24, 2.45) is 0 Å². The fraction of sp³-hybridized carbons (Fsp3) is 0.357. The van der Waals surface area contributed by atoms with E-state index in [4.69, 9.17) is 11.6 Å². The van der Waals surface area contributed by atoms with Gasteiger partial charge in [0, 0.05) is 71.1 Å². The number of ketones is 1. The number of carbonyl (C=O) groups excluding carboxylic acids is 2. The van der Waals surface area contributed by atoms with Gasteiger partial charge in [0.25, 0.3) is 0 Å². The lowest BCUT2D eigenvalue weighted by molar-refractivity contribution is -0.119. The van der Waals surface area contributed by atoms with Gasteiger partial charge in [0.15, 0.2) is 5.78 Å². The number of aromatic nitrogens is 2. The largest absolute Gasteiger partial charge is 0.363 e. The molecule has 1 saturated carbocycles. The molecule has 2 heterocycles. The highest BCUT2D eigenvalue weighted by Gasteiger charge is 2.49. The molecule has 35 heavy (non-hydrogen) atoms. The lowest BCUT2D eigenvalue weighted by Crippen LogP contribution is -2.50. The minimum absolute atomic E-state index is 0.00849. The zero-order valence-electron chi connectivity index (χ0n) is 20.2. The van der Waals surface area contributed by atoms with Crippen LogP contribution in [-0.2, 0) is 11.2 Å². The third-order valence-electron chi connectivity index (χ3n) is 7.15. The van der Waals surface area contributed by atoms with E-state index in [2.05, 4.69) is 40.1 Å². The van der Waals surface area contributed by atoms with Gasteiger partial charge in [-0.25, -0.2) is 9.97 Å². The molecule has 1 amide bonds. The molecule has 0 saturated heterocycles. The van der Waals surface area contributed by atoms with Crippen molar-refractivity contribution in [1.82, 2.24) is 15.3 Å². The minimum Gasteiger partial charge on any atom is -0.363 e. The smallest absolute Gasteiger partial charge is 0.217 e. The summed E-state index contributed by atoms with van der Waals surface area (Å²) < 4.78 is 0. The van der Waals surface area contributed by atoms with Gasteiger partial charge in [-0.3, -0.25) is 9.59 Å². The third-order valence-corrected chi connectivity index (χ3v) is 7.40. The van der Waals surface area contributed by atoms with Gasteiger partial charge in [0.1, 0.15) is 6.33 Å². The van der Waals surface area contributed by atoms with Crippen molar-refractivity contribution in [1.29, 1.82) is 0 Å². The minimum atomic E-state index is -0.00849. The lowest BCUT2D eigenvalue weighted by Gasteiger charge is -2.36. The number of anilines is 1. The number of rotatable bonds is 6. The summed E-state index contributed by atoms with van der Waals surface area (Å²) >= 11 is 6.02. The van der Waals surface area contributed by atoms with Crippen molar-refractivity contribution >= 4 is 29.0 Å². The molecule has 1 aromatic heterocycles. The summed E-state index contributed by atoms with van der Waals surface area (Å²) in [5.74, 6) is 0.297. The van der Waals surface area contributed by atoms with Crippen molar-refractivity contribution in [3.05, 3.63) is 76.8 Å². The molecule has 0 bridgehead atoms. The average molecular weight is 489 g/mol. The van der Waals surface area contributed by atoms with E-state index < -0.39 is 0 Å². The molecule has 6 nitrogen and oxygen atoms in total. The van der Waals surface area contributed by atoms with E-state index in [0.717, 1.165) is 35.2 Å². The Morgan fingerprint density at radius 1 is 1.11 bits per heavy atom. The SMILES string of the molecule is CC(=O)N[C@H]1CC[C@@H]2c3cc(C(=O)Cc4ccc(Cl)cc4)cc(-c4cncnc4)c3N(C(C)C)[C@H]12. The summed E-state index contributed by atoms with van der Waals surface area (Å²) in [5, 5.41) is 3.84. The number of hydrogen-bond acceptors (Lipinski definition) is 5. The van der Waals surface area contributed by atoms with Crippen LogP contribution >= 0.6 is 11.6 Å². The summed E-state index contributed by atoms with van der Waals surface area (Å²) in [6.45, 7) is 5.94. The second kappa shape index (κ2) is 9.42. The molecule has 2 aliphatic rings. The first-order valence-corrected chi connectivity index (χ1v) is 12.5. The first-order valence-electron chi connectivity index (χ1n) is 12.1. The van der Waals surface area contributed by atoms with Crippen LogP contribution in [0.5, 0.6) is 0 Å². The Bertz CT molecular complexity index is 1260. The van der Waals surface area contributed by atoms with Gasteiger partial charge in [-0.1, -0.05) is 23.7 Å². The maximum Gasteiger partial charge on any atom is 0.217 e. The molecule has 180 valence electrons. The highest BCUT2D eigenvalue weighted by molar-refractivity contribution is 6.30. The van der Waals surface area contributed by atoms with Crippen molar-refractivity contribution in [2.75, 3.05) is 4.90 Å². The van der Waals surface area contributed by atoms with Gasteiger partial charge in [-0.05, 0) is 62.1 Å². The number of benzene rings is 2. The molecule has 5 rings (SSSR count). The highest BCUT2D eigenvalue weighted by atomic mass is 35.5. The molecule has 1 aliphatic carbocycles. The third kappa shape index (κ3) is 4.43. The fourth-order valence-corrected chi connectivity index (χ4v) is 5.94. The van der Waals surface area contributed by atoms with Crippen LogP contribution in [0.25, 0.3) is 11.1 Å². The number of nitrogens with one attached hydrogen (secondary N) is 1. The number of halogens is 1. The maximum absolute atomic E-state index is 13.5. The number of Topliss-reactive ketones (excluding diaryl/α,β-unsaturated/α-hetero) is 1. The number of hydrogen-bond donors (Lipinski definition) is 1. The van der Waals surface area contributed by atoms with Crippen LogP contribution < -0.4 is 10.2 Å². The Morgan fingerprint density at radius 2 is 1.83 bits per heavy atom. The van der Waals surface area contributed by atoms with Gasteiger partial charge in [0.2, 0.25) is 5.91 Å². The predicted molar refractivity (Wildman–Crippen MR) is 138 cm³/mol. The highest BCUT2D eigenvalue weighted by Crippen LogP contribution is 2.53. The molecule has 3 aromatic rings. The quantitative estimate of drug-likeness (QED) is 0.482. The molecular weight excluding hydrogens is 460 g/mol. The fourth-order valence-electron chi connectivity index (χ4n) is 5.82. The monoisotopic (exact) mass is 488 g/mol. The molecular formula is C28H29ClN4O2. The molecule has 0 unspecified atom stereocenters. The van der Waals surface area contributed by atoms with Gasteiger partial charge in [0.05, 0.1) is 6.04 Å². The first kappa shape index (κ1) is 23.5. The second-order valence-electron chi connectivity index (χ2n) is 9.80. The molecule has 1 fully saturated rings. The number of fused-ring (bicyclic) bond motifs is 3. The van der Waals surface area contributed by atoms with Crippen LogP contribution in [-0.4, -0.2) is 39.8 Å². The van der Waals surface area contributed by atoms with Crippen LogP contribution in [0.15, 0.2) is 55.1 Å². The summed E-state index contributed by atoms with van der Waals surface area (Å²) in [7, 11) is 0. The Morgan fingerprint density at radius 3 is 2.49 bits per heavy atom. The topological polar surface area (TPSA) is 75.2 Å². The van der Waals surface area contributed by atoms with Gasteiger partial charge >= 0.3 is 0 Å². The van der Waals surface area contributed by atoms with Crippen molar-refractivity contribution in [2.45, 2.75) is 64.1 Å². The predicted octanol–water partition coefficient (Wildman–Crippen LogP) is 5.20. The molecule has 2 aromatic carbocycles. The summed E-state index contributed by atoms with van der Waals surface area (Å²) in [6.07, 6.45) is 7.30. The van der Waals surface area contributed by atoms with Crippen LogP contribution in [0, 0.1) is 0 Å². The van der Waals surface area contributed by atoms with Crippen molar-refractivity contribution in [3.63, 3.8) is 0 Å². The Balaban J connectivity index is 1.62. The molecule has 0 spiro atoms.